The third-order valence-corrected chi connectivity index (χ3v) is 5.51. The fraction of sp³-hybridized carbons (Fsp3) is 0.824. The van der Waals surface area contributed by atoms with Crippen molar-refractivity contribution >= 4 is 23.5 Å². The van der Waals surface area contributed by atoms with Gasteiger partial charge in [0.1, 0.15) is 0 Å². The molecule has 1 aromatic rings. The molecule has 4 rings (SSSR count). The zero-order chi connectivity index (χ0) is 18.1. The zero-order valence-corrected chi connectivity index (χ0v) is 16.1. The summed E-state index contributed by atoms with van der Waals surface area (Å²) in [6.45, 7) is 7.99. The van der Waals surface area contributed by atoms with Crippen molar-refractivity contribution in [2.45, 2.75) is 50.9 Å². The largest absolute Gasteiger partial charge is 0.380 e. The van der Waals surface area contributed by atoms with Crippen LogP contribution in [0.15, 0.2) is 0 Å². The molecule has 4 heterocycles. The highest BCUT2D eigenvalue weighted by Gasteiger charge is 2.40. The molecule has 9 heteroatoms. The molecule has 4 atom stereocenters. The minimum atomic E-state index is 0.0615. The summed E-state index contributed by atoms with van der Waals surface area (Å²) in [5.41, 5.74) is 0. The Morgan fingerprint density at radius 1 is 1.00 bits per heavy atom. The monoisotopic (exact) mass is 383 g/mol. The van der Waals surface area contributed by atoms with Crippen molar-refractivity contribution < 1.29 is 14.2 Å². The Hall–Kier alpha value is -1.22. The minimum absolute atomic E-state index is 0.0615. The van der Waals surface area contributed by atoms with Crippen molar-refractivity contribution in [3.8, 4) is 0 Å². The first kappa shape index (κ1) is 18.2. The Morgan fingerprint density at radius 3 is 2.35 bits per heavy atom. The van der Waals surface area contributed by atoms with Crippen molar-refractivity contribution in [2.24, 2.45) is 0 Å². The van der Waals surface area contributed by atoms with Gasteiger partial charge in [-0.3, -0.25) is 0 Å². The molecule has 2 bridgehead atoms. The number of aromatic nitrogens is 3. The molecule has 0 N–H and O–H groups in total. The molecule has 26 heavy (non-hydrogen) atoms. The second-order valence-corrected chi connectivity index (χ2v) is 7.48. The highest BCUT2D eigenvalue weighted by atomic mass is 35.5. The topological polar surface area (TPSA) is 72.8 Å². The molecule has 8 nitrogen and oxygen atoms in total. The lowest BCUT2D eigenvalue weighted by atomic mass is 10.2. The highest BCUT2D eigenvalue weighted by molar-refractivity contribution is 6.28. The Labute approximate surface area is 158 Å². The first-order chi connectivity index (χ1) is 12.7. The number of rotatable bonds is 5. The van der Waals surface area contributed by atoms with Gasteiger partial charge in [-0.05, 0) is 38.3 Å². The second kappa shape index (κ2) is 7.80. The SMILES string of the molecule is CCOCC1COCC(C)N1c1nc(Cl)nc(N2C3CCC2COC3)n1. The predicted octanol–water partition coefficient (Wildman–Crippen LogP) is 1.52. The summed E-state index contributed by atoms with van der Waals surface area (Å²) in [7, 11) is 0. The lowest BCUT2D eigenvalue weighted by Crippen LogP contribution is -2.54. The van der Waals surface area contributed by atoms with E-state index in [2.05, 4.69) is 26.7 Å². The molecular formula is C17H26ClN5O3. The standard InChI is InChI=1S/C17H26ClN5O3/c1-3-24-9-14-10-25-6-11(2)22(14)16-19-15(18)20-17(21-16)23-12-4-5-13(23)8-26-7-12/h11-14H,3-10H2,1-2H3. The molecule has 3 saturated heterocycles. The van der Waals surface area contributed by atoms with Crippen LogP contribution in [-0.2, 0) is 14.2 Å². The Bertz CT molecular complexity index is 620. The summed E-state index contributed by atoms with van der Waals surface area (Å²) in [5.74, 6) is 1.26. The van der Waals surface area contributed by atoms with Crippen molar-refractivity contribution in [1.82, 2.24) is 15.0 Å². The molecule has 0 aromatic carbocycles. The smallest absolute Gasteiger partial charge is 0.232 e. The van der Waals surface area contributed by atoms with Gasteiger partial charge in [-0.1, -0.05) is 0 Å². The van der Waals surface area contributed by atoms with Crippen LogP contribution in [0.25, 0.3) is 0 Å². The Balaban J connectivity index is 1.64. The van der Waals surface area contributed by atoms with Gasteiger partial charge in [0.25, 0.3) is 0 Å². The van der Waals surface area contributed by atoms with E-state index in [-0.39, 0.29) is 17.4 Å². The van der Waals surface area contributed by atoms with Gasteiger partial charge in [0, 0.05) is 6.61 Å². The minimum Gasteiger partial charge on any atom is -0.380 e. The number of anilines is 2. The van der Waals surface area contributed by atoms with Crippen molar-refractivity contribution in [2.75, 3.05) is 49.4 Å². The van der Waals surface area contributed by atoms with Crippen molar-refractivity contribution in [3.05, 3.63) is 5.28 Å². The maximum atomic E-state index is 6.29. The van der Waals surface area contributed by atoms with Crippen LogP contribution in [-0.4, -0.2) is 78.8 Å². The van der Waals surface area contributed by atoms with Crippen LogP contribution in [0.2, 0.25) is 5.28 Å². The first-order valence-corrected chi connectivity index (χ1v) is 9.76. The number of ether oxygens (including phenoxy) is 3. The highest BCUT2D eigenvalue weighted by Crippen LogP contribution is 2.33. The second-order valence-electron chi connectivity index (χ2n) is 7.14. The van der Waals surface area contributed by atoms with E-state index in [0.29, 0.717) is 50.4 Å². The third-order valence-electron chi connectivity index (χ3n) is 5.34. The maximum absolute atomic E-state index is 6.29. The van der Waals surface area contributed by atoms with Crippen LogP contribution in [0, 0.1) is 0 Å². The van der Waals surface area contributed by atoms with E-state index in [4.69, 9.17) is 30.8 Å². The molecule has 0 spiro atoms. The Morgan fingerprint density at radius 2 is 1.65 bits per heavy atom. The van der Waals surface area contributed by atoms with E-state index in [1.54, 1.807) is 0 Å². The number of hydrogen-bond donors (Lipinski definition) is 0. The van der Waals surface area contributed by atoms with Gasteiger partial charge >= 0.3 is 0 Å². The van der Waals surface area contributed by atoms with Crippen LogP contribution < -0.4 is 9.80 Å². The third kappa shape index (κ3) is 3.47. The summed E-state index contributed by atoms with van der Waals surface area (Å²) in [4.78, 5) is 18.1. The van der Waals surface area contributed by atoms with Crippen molar-refractivity contribution in [3.63, 3.8) is 0 Å². The zero-order valence-electron chi connectivity index (χ0n) is 15.3. The lowest BCUT2D eigenvalue weighted by molar-refractivity contribution is 0.0315. The van der Waals surface area contributed by atoms with E-state index in [0.717, 1.165) is 26.1 Å². The first-order valence-electron chi connectivity index (χ1n) is 9.38. The number of nitrogens with zero attached hydrogens (tertiary/aromatic N) is 5. The van der Waals surface area contributed by atoms with Crippen LogP contribution in [0.4, 0.5) is 11.9 Å². The fourth-order valence-corrected chi connectivity index (χ4v) is 4.30. The van der Waals surface area contributed by atoms with E-state index >= 15 is 0 Å². The van der Waals surface area contributed by atoms with Gasteiger partial charge < -0.3 is 24.0 Å². The molecule has 0 saturated carbocycles. The van der Waals surface area contributed by atoms with Gasteiger partial charge in [-0.2, -0.15) is 15.0 Å². The molecule has 3 fully saturated rings. The molecule has 1 aromatic heterocycles. The molecule has 4 unspecified atom stereocenters. The molecule has 0 radical (unpaired) electrons. The van der Waals surface area contributed by atoms with Crippen LogP contribution >= 0.6 is 11.6 Å². The van der Waals surface area contributed by atoms with E-state index in [9.17, 15) is 0 Å². The van der Waals surface area contributed by atoms with Crippen molar-refractivity contribution in [1.29, 1.82) is 0 Å². The summed E-state index contributed by atoms with van der Waals surface area (Å²) < 4.78 is 17.0. The number of halogens is 1. The molecule has 144 valence electrons. The van der Waals surface area contributed by atoms with Gasteiger partial charge in [-0.25, -0.2) is 0 Å². The molecule has 3 aliphatic heterocycles. The fourth-order valence-electron chi connectivity index (χ4n) is 4.15. The van der Waals surface area contributed by atoms with E-state index in [1.165, 1.54) is 0 Å². The summed E-state index contributed by atoms with van der Waals surface area (Å²) >= 11 is 6.29. The van der Waals surface area contributed by atoms with Gasteiger partial charge in [0.05, 0.1) is 57.2 Å². The predicted molar refractivity (Wildman–Crippen MR) is 98.0 cm³/mol. The Kier molecular flexibility index (Phi) is 5.45. The normalized spacial score (nSPS) is 31.5. The summed E-state index contributed by atoms with van der Waals surface area (Å²) in [6, 6.07) is 0.844. The van der Waals surface area contributed by atoms with Gasteiger partial charge in [0.15, 0.2) is 0 Å². The van der Waals surface area contributed by atoms with Gasteiger partial charge in [-0.15, -0.1) is 0 Å². The van der Waals surface area contributed by atoms with Crippen LogP contribution in [0.5, 0.6) is 0 Å². The molecule has 3 aliphatic rings. The average Bonchev–Trinajstić information content (AvgIpc) is 2.88. The molecule has 0 aliphatic carbocycles. The van der Waals surface area contributed by atoms with Crippen LogP contribution in [0.1, 0.15) is 26.7 Å². The molecular weight excluding hydrogens is 358 g/mol. The quantitative estimate of drug-likeness (QED) is 0.757. The number of morpholine rings is 2. The number of fused-ring (bicyclic) bond motifs is 2. The van der Waals surface area contributed by atoms with E-state index < -0.39 is 0 Å². The summed E-state index contributed by atoms with van der Waals surface area (Å²) in [5, 5.41) is 0.227. The number of hydrogen-bond acceptors (Lipinski definition) is 8. The van der Waals surface area contributed by atoms with E-state index in [1.807, 2.05) is 6.92 Å². The lowest BCUT2D eigenvalue weighted by Gasteiger charge is -2.41. The molecule has 0 amide bonds. The average molecular weight is 384 g/mol. The summed E-state index contributed by atoms with van der Waals surface area (Å²) in [6.07, 6.45) is 2.20. The van der Waals surface area contributed by atoms with Crippen LogP contribution in [0.3, 0.4) is 0 Å². The maximum Gasteiger partial charge on any atom is 0.232 e. The van der Waals surface area contributed by atoms with Gasteiger partial charge in [0.2, 0.25) is 17.2 Å².